The van der Waals surface area contributed by atoms with Gasteiger partial charge in [-0.1, -0.05) is 6.07 Å². The zero-order valence-electron chi connectivity index (χ0n) is 13.5. The van der Waals surface area contributed by atoms with E-state index in [2.05, 4.69) is 0 Å². The molecule has 8 heteroatoms. The smallest absolute Gasteiger partial charge is 0.416 e. The van der Waals surface area contributed by atoms with Gasteiger partial charge in [-0.25, -0.2) is 4.79 Å². The zero-order chi connectivity index (χ0) is 18.6. The number of hydrogen-bond acceptors (Lipinski definition) is 4. The van der Waals surface area contributed by atoms with Gasteiger partial charge in [-0.05, 0) is 36.6 Å². The number of ether oxygens (including phenoxy) is 1. The number of hydrogen-bond donors (Lipinski definition) is 1. The van der Waals surface area contributed by atoms with Crippen LogP contribution in [0.15, 0.2) is 24.3 Å². The Hall–Kier alpha value is -2.51. The van der Waals surface area contributed by atoms with E-state index >= 15 is 0 Å². The van der Waals surface area contributed by atoms with Gasteiger partial charge in [0.15, 0.2) is 0 Å². The highest BCUT2D eigenvalue weighted by Gasteiger charge is 2.32. The molecule has 5 nitrogen and oxygen atoms in total. The van der Waals surface area contributed by atoms with Crippen molar-refractivity contribution < 1.29 is 32.6 Å². The van der Waals surface area contributed by atoms with Gasteiger partial charge in [0.1, 0.15) is 0 Å². The number of aliphatic carboxylic acids is 1. The van der Waals surface area contributed by atoms with E-state index in [-0.39, 0.29) is 11.9 Å². The van der Waals surface area contributed by atoms with Crippen molar-refractivity contribution in [1.82, 2.24) is 0 Å². The van der Waals surface area contributed by atoms with Crippen LogP contribution < -0.4 is 4.90 Å². The van der Waals surface area contributed by atoms with Crippen LogP contribution in [0.1, 0.15) is 24.0 Å². The van der Waals surface area contributed by atoms with Gasteiger partial charge in [0.05, 0.1) is 18.6 Å². The van der Waals surface area contributed by atoms with Gasteiger partial charge in [-0.3, -0.25) is 4.79 Å². The maximum Gasteiger partial charge on any atom is 0.416 e. The molecule has 0 radical (unpaired) electrons. The Labute approximate surface area is 142 Å². The van der Waals surface area contributed by atoms with Crippen LogP contribution in [0, 0.1) is 5.92 Å². The maximum atomic E-state index is 13.0. The van der Waals surface area contributed by atoms with Crippen molar-refractivity contribution >= 4 is 23.7 Å². The van der Waals surface area contributed by atoms with E-state index in [1.54, 1.807) is 4.90 Å². The topological polar surface area (TPSA) is 66.8 Å². The molecule has 1 heterocycles. The minimum atomic E-state index is -4.49. The van der Waals surface area contributed by atoms with Gasteiger partial charge in [0.2, 0.25) is 0 Å². The summed E-state index contributed by atoms with van der Waals surface area (Å²) < 4.78 is 43.7. The minimum Gasteiger partial charge on any atom is -0.478 e. The Bertz CT molecular complexity index is 677. The number of benzene rings is 1. The summed E-state index contributed by atoms with van der Waals surface area (Å²) >= 11 is 0. The molecular weight excluding hydrogens is 339 g/mol. The van der Waals surface area contributed by atoms with E-state index in [1.165, 1.54) is 19.3 Å². The molecule has 1 fully saturated rings. The van der Waals surface area contributed by atoms with Crippen LogP contribution in [0.25, 0.3) is 6.08 Å². The van der Waals surface area contributed by atoms with Gasteiger partial charge in [-0.2, -0.15) is 13.2 Å². The molecular formula is C17H18F3NO4. The van der Waals surface area contributed by atoms with Crippen LogP contribution in [0.3, 0.4) is 0 Å². The number of carbonyl (C=O) groups is 2. The van der Waals surface area contributed by atoms with E-state index in [4.69, 9.17) is 9.84 Å². The first-order valence-electron chi connectivity index (χ1n) is 7.67. The third-order valence-electron chi connectivity index (χ3n) is 4.13. The fourth-order valence-corrected chi connectivity index (χ4v) is 2.82. The molecule has 0 spiro atoms. The molecule has 0 amide bonds. The van der Waals surface area contributed by atoms with Gasteiger partial charge in [-0.15, -0.1) is 0 Å². The molecule has 1 aromatic carbocycles. The predicted octanol–water partition coefficient (Wildman–Crippen LogP) is 3.19. The summed E-state index contributed by atoms with van der Waals surface area (Å²) in [5.74, 6) is -1.78. The molecule has 0 unspecified atom stereocenters. The SMILES string of the molecule is COC(=O)C1CCN(c2cc(C(F)(F)F)ccc2/C=C/C(=O)O)CC1. The van der Waals surface area contributed by atoms with Crippen molar-refractivity contribution in [1.29, 1.82) is 0 Å². The number of halogens is 3. The third kappa shape index (κ3) is 4.74. The van der Waals surface area contributed by atoms with E-state index in [1.807, 2.05) is 0 Å². The lowest BCUT2D eigenvalue weighted by atomic mass is 9.95. The number of carboxylic acids is 1. The Morgan fingerprint density at radius 1 is 1.28 bits per heavy atom. The van der Waals surface area contributed by atoms with Gasteiger partial charge in [0.25, 0.3) is 0 Å². The first kappa shape index (κ1) is 18.8. The largest absolute Gasteiger partial charge is 0.478 e. The summed E-state index contributed by atoms with van der Waals surface area (Å²) in [5, 5.41) is 8.75. The Balaban J connectivity index is 2.30. The normalized spacial score (nSPS) is 16.2. The summed E-state index contributed by atoms with van der Waals surface area (Å²) in [6, 6.07) is 3.19. The predicted molar refractivity (Wildman–Crippen MR) is 85.1 cm³/mol. The van der Waals surface area contributed by atoms with Crippen LogP contribution >= 0.6 is 0 Å². The van der Waals surface area contributed by atoms with Crippen molar-refractivity contribution in [2.24, 2.45) is 5.92 Å². The number of carboxylic acid groups (broad SMARTS) is 1. The molecule has 0 aliphatic carbocycles. The molecule has 2 rings (SSSR count). The first-order valence-corrected chi connectivity index (χ1v) is 7.67. The van der Waals surface area contributed by atoms with E-state index < -0.39 is 17.7 Å². The number of methoxy groups -OCH3 is 1. The van der Waals surface area contributed by atoms with Crippen molar-refractivity contribution in [2.45, 2.75) is 19.0 Å². The minimum absolute atomic E-state index is 0.273. The van der Waals surface area contributed by atoms with Crippen molar-refractivity contribution in [2.75, 3.05) is 25.1 Å². The molecule has 1 aliphatic heterocycles. The standard InChI is InChI=1S/C17H18F3NO4/c1-25-16(24)12-6-8-21(9-7-12)14-10-13(17(18,19)20)4-2-11(14)3-5-15(22)23/h2-5,10,12H,6-9H2,1H3,(H,22,23)/b5-3+. The average molecular weight is 357 g/mol. The molecule has 1 aliphatic rings. The highest BCUT2D eigenvalue weighted by atomic mass is 19.4. The fraction of sp³-hybridized carbons (Fsp3) is 0.412. The number of esters is 1. The summed E-state index contributed by atoms with van der Waals surface area (Å²) in [6.07, 6.45) is -1.42. The molecule has 0 saturated carbocycles. The summed E-state index contributed by atoms with van der Waals surface area (Å²) in [5.41, 5.74) is -0.118. The molecule has 1 N–H and O–H groups in total. The van der Waals surface area contributed by atoms with E-state index in [9.17, 15) is 22.8 Å². The van der Waals surface area contributed by atoms with Crippen LogP contribution in [0.4, 0.5) is 18.9 Å². The maximum absolute atomic E-state index is 13.0. The number of piperidine rings is 1. The highest BCUT2D eigenvalue weighted by molar-refractivity contribution is 5.87. The van der Waals surface area contributed by atoms with Gasteiger partial charge in [0, 0.05) is 24.9 Å². The monoisotopic (exact) mass is 357 g/mol. The highest BCUT2D eigenvalue weighted by Crippen LogP contribution is 2.35. The Kier molecular flexibility index (Phi) is 5.71. The van der Waals surface area contributed by atoms with Crippen molar-refractivity contribution in [3.8, 4) is 0 Å². The lowest BCUT2D eigenvalue weighted by Crippen LogP contribution is -2.37. The summed E-state index contributed by atoms with van der Waals surface area (Å²) in [6.45, 7) is 0.768. The first-order chi connectivity index (χ1) is 11.7. The lowest BCUT2D eigenvalue weighted by molar-refractivity contribution is -0.146. The van der Waals surface area contributed by atoms with Crippen LogP contribution in [-0.4, -0.2) is 37.2 Å². The Morgan fingerprint density at radius 3 is 2.44 bits per heavy atom. The molecule has 0 aromatic heterocycles. The summed E-state index contributed by atoms with van der Waals surface area (Å²) in [4.78, 5) is 24.0. The van der Waals surface area contributed by atoms with Crippen molar-refractivity contribution in [3.05, 3.63) is 35.4 Å². The number of carbonyl (C=O) groups excluding carboxylic acids is 1. The van der Waals surface area contributed by atoms with Crippen LogP contribution in [0.5, 0.6) is 0 Å². The zero-order valence-corrected chi connectivity index (χ0v) is 13.5. The van der Waals surface area contributed by atoms with E-state index in [0.29, 0.717) is 37.2 Å². The lowest BCUT2D eigenvalue weighted by Gasteiger charge is -2.33. The number of rotatable bonds is 4. The number of anilines is 1. The average Bonchev–Trinajstić information content (AvgIpc) is 2.58. The molecule has 1 saturated heterocycles. The fourth-order valence-electron chi connectivity index (χ4n) is 2.82. The third-order valence-corrected chi connectivity index (χ3v) is 4.13. The quantitative estimate of drug-likeness (QED) is 0.662. The van der Waals surface area contributed by atoms with Crippen LogP contribution in [0.2, 0.25) is 0 Å². The van der Waals surface area contributed by atoms with Crippen molar-refractivity contribution in [3.63, 3.8) is 0 Å². The number of alkyl halides is 3. The second-order valence-electron chi connectivity index (χ2n) is 5.73. The second kappa shape index (κ2) is 7.58. The molecule has 1 aromatic rings. The Morgan fingerprint density at radius 2 is 1.92 bits per heavy atom. The molecule has 25 heavy (non-hydrogen) atoms. The van der Waals surface area contributed by atoms with Gasteiger partial charge < -0.3 is 14.7 Å². The molecule has 136 valence electrons. The van der Waals surface area contributed by atoms with E-state index in [0.717, 1.165) is 18.2 Å². The van der Waals surface area contributed by atoms with Crippen LogP contribution in [-0.2, 0) is 20.5 Å². The molecule has 0 bridgehead atoms. The second-order valence-corrected chi connectivity index (χ2v) is 5.73. The number of nitrogens with zero attached hydrogens (tertiary/aromatic N) is 1. The summed E-state index contributed by atoms with van der Waals surface area (Å²) in [7, 11) is 1.30. The van der Waals surface area contributed by atoms with Gasteiger partial charge >= 0.3 is 18.1 Å². The molecule has 0 atom stereocenters.